The van der Waals surface area contributed by atoms with E-state index in [1.54, 1.807) is 36.2 Å². The van der Waals surface area contributed by atoms with Gasteiger partial charge in [0.05, 0.1) is 5.69 Å². The molecule has 1 amide bonds. The van der Waals surface area contributed by atoms with Crippen LogP contribution in [0, 0.1) is 11.3 Å². The highest BCUT2D eigenvalue weighted by Crippen LogP contribution is 2.46. The number of nitrogens with one attached hydrogen (secondary N) is 1. The van der Waals surface area contributed by atoms with Gasteiger partial charge in [-0.15, -0.1) is 0 Å². The molecule has 1 N–H and O–H groups in total. The summed E-state index contributed by atoms with van der Waals surface area (Å²) < 4.78 is 10.6. The van der Waals surface area contributed by atoms with Gasteiger partial charge >= 0.3 is 5.97 Å². The number of Topliss-reactive ketones (excluding diaryl/α,β-unsaturated/α-hetero) is 1. The summed E-state index contributed by atoms with van der Waals surface area (Å²) in [6.45, 7) is -0.858. The first kappa shape index (κ1) is 26.2. The standard InChI is InChI=1S/C25H25N3O5S2/c1-28-20-10-6-7-11-22(20)35-24(28)18(14-26)21(29)15-33-25(31)19(12-13-34-2)27-23(30)16-32-17-8-4-3-5-9-17/h3-11,19H,12-13,15-16H2,1-2H3,(H,27,30). The van der Waals surface area contributed by atoms with Crippen molar-refractivity contribution in [2.45, 2.75) is 17.4 Å². The van der Waals surface area contributed by atoms with Gasteiger partial charge in [-0.3, -0.25) is 9.59 Å². The van der Waals surface area contributed by atoms with Crippen LogP contribution < -0.4 is 15.0 Å². The molecule has 8 nitrogen and oxygen atoms in total. The van der Waals surface area contributed by atoms with Crippen LogP contribution in [0.1, 0.15) is 6.42 Å². The first-order chi connectivity index (χ1) is 16.9. The number of nitrogens with zero attached hydrogens (tertiary/aromatic N) is 2. The molecular formula is C25H25N3O5S2. The Morgan fingerprint density at radius 1 is 1.11 bits per heavy atom. The highest BCUT2D eigenvalue weighted by molar-refractivity contribution is 8.03. The maximum absolute atomic E-state index is 12.8. The number of amides is 1. The number of nitriles is 1. The van der Waals surface area contributed by atoms with Crippen molar-refractivity contribution >= 4 is 46.9 Å². The number of thioether (sulfide) groups is 2. The monoisotopic (exact) mass is 511 g/mol. The second-order valence-corrected chi connectivity index (χ2v) is 9.47. The Kier molecular flexibility index (Phi) is 9.64. The zero-order chi connectivity index (χ0) is 25.2. The lowest BCUT2D eigenvalue weighted by Crippen LogP contribution is -2.44. The predicted octanol–water partition coefficient (Wildman–Crippen LogP) is 3.39. The van der Waals surface area contributed by atoms with Gasteiger partial charge in [0.1, 0.15) is 28.5 Å². The van der Waals surface area contributed by atoms with Gasteiger partial charge in [-0.25, -0.2) is 4.79 Å². The number of para-hydroxylation sites is 2. The zero-order valence-electron chi connectivity index (χ0n) is 19.4. The maximum atomic E-state index is 12.8. The molecule has 1 unspecified atom stereocenters. The smallest absolute Gasteiger partial charge is 0.329 e. The number of anilines is 1. The molecule has 3 rings (SSSR count). The molecule has 182 valence electrons. The second-order valence-electron chi connectivity index (χ2n) is 7.45. The van der Waals surface area contributed by atoms with Crippen molar-refractivity contribution in [1.82, 2.24) is 5.32 Å². The van der Waals surface area contributed by atoms with Crippen molar-refractivity contribution in [3.05, 3.63) is 65.2 Å². The fraction of sp³-hybridized carbons (Fsp3) is 0.280. The molecule has 0 saturated carbocycles. The third kappa shape index (κ3) is 7.04. The minimum Gasteiger partial charge on any atom is -0.484 e. The quantitative estimate of drug-likeness (QED) is 0.276. The Hall–Kier alpha value is -3.42. The molecule has 1 heterocycles. The van der Waals surface area contributed by atoms with Gasteiger partial charge < -0.3 is 19.7 Å². The van der Waals surface area contributed by atoms with Crippen LogP contribution in [0.3, 0.4) is 0 Å². The average Bonchev–Trinajstić information content (AvgIpc) is 3.21. The largest absolute Gasteiger partial charge is 0.484 e. The summed E-state index contributed by atoms with van der Waals surface area (Å²) in [5.74, 6) is -0.695. The number of ether oxygens (including phenoxy) is 2. The average molecular weight is 512 g/mol. The van der Waals surface area contributed by atoms with Crippen molar-refractivity contribution in [3.63, 3.8) is 0 Å². The van der Waals surface area contributed by atoms with Crippen LogP contribution in [0.15, 0.2) is 70.1 Å². The number of esters is 1. The molecule has 0 aliphatic carbocycles. The van der Waals surface area contributed by atoms with Crippen molar-refractivity contribution in [1.29, 1.82) is 5.26 Å². The molecule has 35 heavy (non-hydrogen) atoms. The predicted molar refractivity (Wildman–Crippen MR) is 136 cm³/mol. The van der Waals surface area contributed by atoms with Crippen LogP contribution in [0.25, 0.3) is 0 Å². The number of hydrogen-bond donors (Lipinski definition) is 1. The van der Waals surface area contributed by atoms with Gasteiger partial charge in [0.25, 0.3) is 5.91 Å². The molecular weight excluding hydrogens is 486 g/mol. The Balaban J connectivity index is 1.59. The van der Waals surface area contributed by atoms with E-state index < -0.39 is 30.3 Å². The number of carbonyl (C=O) groups is 3. The number of hydrogen-bond acceptors (Lipinski definition) is 9. The van der Waals surface area contributed by atoms with Crippen molar-refractivity contribution in [2.24, 2.45) is 0 Å². The summed E-state index contributed by atoms with van der Waals surface area (Å²) in [4.78, 5) is 40.5. The summed E-state index contributed by atoms with van der Waals surface area (Å²) in [5.41, 5.74) is 0.810. The van der Waals surface area contributed by atoms with Crippen LogP contribution in [-0.4, -0.2) is 56.0 Å². The minimum absolute atomic E-state index is 0.0811. The van der Waals surface area contributed by atoms with Crippen LogP contribution in [0.2, 0.25) is 0 Å². The molecule has 0 bridgehead atoms. The van der Waals surface area contributed by atoms with Gasteiger partial charge in [0, 0.05) is 11.9 Å². The Labute approximate surface area is 212 Å². The van der Waals surface area contributed by atoms with Gasteiger partial charge in [0.2, 0.25) is 5.78 Å². The van der Waals surface area contributed by atoms with Gasteiger partial charge in [-0.2, -0.15) is 17.0 Å². The summed E-state index contributed by atoms with van der Waals surface area (Å²) in [6, 6.07) is 17.4. The van der Waals surface area contributed by atoms with E-state index in [2.05, 4.69) is 5.32 Å². The number of carbonyl (C=O) groups excluding carboxylic acids is 3. The number of benzene rings is 2. The number of rotatable bonds is 11. The first-order valence-corrected chi connectivity index (χ1v) is 13.0. The van der Waals surface area contributed by atoms with Crippen molar-refractivity contribution in [3.8, 4) is 11.8 Å². The van der Waals surface area contributed by atoms with Crippen LogP contribution in [-0.2, 0) is 19.1 Å². The van der Waals surface area contributed by atoms with Gasteiger partial charge in [-0.05, 0) is 42.7 Å². The molecule has 2 aromatic rings. The summed E-state index contributed by atoms with van der Waals surface area (Å²) in [7, 11) is 1.77. The molecule has 2 aromatic carbocycles. The molecule has 10 heteroatoms. The van der Waals surface area contributed by atoms with E-state index in [-0.39, 0.29) is 12.2 Å². The zero-order valence-corrected chi connectivity index (χ0v) is 21.0. The number of fused-ring (bicyclic) bond motifs is 1. The van der Waals surface area contributed by atoms with Crippen molar-refractivity contribution in [2.75, 3.05) is 37.2 Å². The van der Waals surface area contributed by atoms with Gasteiger partial charge in [-0.1, -0.05) is 42.1 Å². The Morgan fingerprint density at radius 2 is 1.83 bits per heavy atom. The SMILES string of the molecule is CSCCC(NC(=O)COc1ccccc1)C(=O)OCC(=O)C(C#N)=C1Sc2ccccc2N1C. The highest BCUT2D eigenvalue weighted by atomic mass is 32.2. The molecule has 0 saturated heterocycles. The Morgan fingerprint density at radius 3 is 2.51 bits per heavy atom. The molecule has 1 atom stereocenters. The van der Waals surface area contributed by atoms with E-state index >= 15 is 0 Å². The van der Waals surface area contributed by atoms with Gasteiger partial charge in [0.15, 0.2) is 13.2 Å². The molecule has 1 aliphatic heterocycles. The minimum atomic E-state index is -0.937. The lowest BCUT2D eigenvalue weighted by atomic mass is 10.2. The number of ketones is 1. The molecule has 1 aliphatic rings. The highest BCUT2D eigenvalue weighted by Gasteiger charge is 2.29. The topological polar surface area (TPSA) is 109 Å². The van der Waals surface area contributed by atoms with Crippen molar-refractivity contribution < 1.29 is 23.9 Å². The van der Waals surface area contributed by atoms with Crippen LogP contribution >= 0.6 is 23.5 Å². The molecule has 0 radical (unpaired) electrons. The van der Waals surface area contributed by atoms with E-state index in [1.165, 1.54) is 23.5 Å². The fourth-order valence-electron chi connectivity index (χ4n) is 3.25. The van der Waals surface area contributed by atoms with E-state index in [0.717, 1.165) is 10.6 Å². The maximum Gasteiger partial charge on any atom is 0.329 e. The molecule has 0 spiro atoms. The first-order valence-electron chi connectivity index (χ1n) is 10.8. The van der Waals surface area contributed by atoms with E-state index in [9.17, 15) is 19.6 Å². The summed E-state index contributed by atoms with van der Waals surface area (Å²) in [6.07, 6.45) is 2.21. The lowest BCUT2D eigenvalue weighted by molar-refractivity contribution is -0.150. The Bertz CT molecular complexity index is 1150. The molecule has 0 fully saturated rings. The van der Waals surface area contributed by atoms with Crippen LogP contribution in [0.4, 0.5) is 5.69 Å². The van der Waals surface area contributed by atoms with E-state index in [4.69, 9.17) is 9.47 Å². The summed E-state index contributed by atoms with van der Waals surface area (Å²) >= 11 is 2.83. The van der Waals surface area contributed by atoms with E-state index in [1.807, 2.05) is 42.7 Å². The van der Waals surface area contributed by atoms with E-state index in [0.29, 0.717) is 23.0 Å². The fourth-order valence-corrected chi connectivity index (χ4v) is 4.88. The third-order valence-corrected chi connectivity index (χ3v) is 6.91. The molecule has 0 aromatic heterocycles. The lowest BCUT2D eigenvalue weighted by Gasteiger charge is -2.18. The summed E-state index contributed by atoms with van der Waals surface area (Å²) in [5, 5.41) is 12.7. The normalized spacial score (nSPS) is 14.4. The second kappa shape index (κ2) is 12.9. The third-order valence-electron chi connectivity index (χ3n) is 5.03. The van der Waals surface area contributed by atoms with Crippen LogP contribution in [0.5, 0.6) is 5.75 Å².